The molecular weight excluding hydrogens is 243 g/mol. The zero-order chi connectivity index (χ0) is 13.9. The number of rotatable bonds is 4. The topological polar surface area (TPSA) is 38.5 Å². The SMILES string of the molecule is COC1CCCCC1(CN)N(C)c1ccccc1F. The number of methoxy groups -OCH3 is 1. The lowest BCUT2D eigenvalue weighted by molar-refractivity contribution is 0.00749. The number of nitrogens with zero attached hydrogens (tertiary/aromatic N) is 1. The molecule has 1 aliphatic carbocycles. The van der Waals surface area contributed by atoms with Crippen molar-refractivity contribution in [1.82, 2.24) is 0 Å². The Bertz CT molecular complexity index is 426. The van der Waals surface area contributed by atoms with Crippen molar-refractivity contribution in [3.8, 4) is 0 Å². The molecule has 3 nitrogen and oxygen atoms in total. The highest BCUT2D eigenvalue weighted by atomic mass is 19.1. The molecule has 0 spiro atoms. The minimum Gasteiger partial charge on any atom is -0.379 e. The van der Waals surface area contributed by atoms with Gasteiger partial charge < -0.3 is 15.4 Å². The summed E-state index contributed by atoms with van der Waals surface area (Å²) in [5, 5.41) is 0. The maximum atomic E-state index is 14.0. The van der Waals surface area contributed by atoms with E-state index in [0.717, 1.165) is 25.7 Å². The van der Waals surface area contributed by atoms with Gasteiger partial charge in [-0.2, -0.15) is 0 Å². The third-order valence-electron chi connectivity index (χ3n) is 4.45. The molecule has 0 radical (unpaired) electrons. The molecule has 2 atom stereocenters. The predicted octanol–water partition coefficient (Wildman–Crippen LogP) is 2.55. The Morgan fingerprint density at radius 1 is 1.42 bits per heavy atom. The van der Waals surface area contributed by atoms with Crippen molar-refractivity contribution in [2.24, 2.45) is 5.73 Å². The van der Waals surface area contributed by atoms with Crippen molar-refractivity contribution < 1.29 is 9.13 Å². The van der Waals surface area contributed by atoms with E-state index in [1.165, 1.54) is 6.07 Å². The third kappa shape index (κ3) is 2.47. The number of hydrogen-bond acceptors (Lipinski definition) is 3. The number of hydrogen-bond donors (Lipinski definition) is 1. The first kappa shape index (κ1) is 14.3. The van der Waals surface area contributed by atoms with Gasteiger partial charge in [0.1, 0.15) is 5.82 Å². The molecule has 106 valence electrons. The van der Waals surface area contributed by atoms with Gasteiger partial charge in [0, 0.05) is 20.7 Å². The fourth-order valence-electron chi connectivity index (χ4n) is 3.25. The molecule has 1 aliphatic rings. The zero-order valence-electron chi connectivity index (χ0n) is 11.7. The largest absolute Gasteiger partial charge is 0.379 e. The lowest BCUT2D eigenvalue weighted by Gasteiger charge is -2.49. The highest BCUT2D eigenvalue weighted by Crippen LogP contribution is 2.37. The first-order valence-corrected chi connectivity index (χ1v) is 6.87. The van der Waals surface area contributed by atoms with Crippen LogP contribution in [0.15, 0.2) is 24.3 Å². The second-order valence-corrected chi connectivity index (χ2v) is 5.29. The van der Waals surface area contributed by atoms with Crippen molar-refractivity contribution in [1.29, 1.82) is 0 Å². The summed E-state index contributed by atoms with van der Waals surface area (Å²) in [6, 6.07) is 6.84. The molecule has 0 bridgehead atoms. The first-order valence-electron chi connectivity index (χ1n) is 6.87. The first-order chi connectivity index (χ1) is 9.15. The van der Waals surface area contributed by atoms with Crippen molar-refractivity contribution in [2.45, 2.75) is 37.3 Å². The van der Waals surface area contributed by atoms with Crippen LogP contribution >= 0.6 is 0 Å². The van der Waals surface area contributed by atoms with E-state index in [4.69, 9.17) is 10.5 Å². The summed E-state index contributed by atoms with van der Waals surface area (Å²) in [7, 11) is 3.64. The molecule has 1 fully saturated rings. The summed E-state index contributed by atoms with van der Waals surface area (Å²) < 4.78 is 19.6. The molecule has 0 aliphatic heterocycles. The van der Waals surface area contributed by atoms with E-state index >= 15 is 0 Å². The summed E-state index contributed by atoms with van der Waals surface area (Å²) in [5.41, 5.74) is 6.33. The fraction of sp³-hybridized carbons (Fsp3) is 0.600. The molecule has 1 aromatic carbocycles. The highest BCUT2D eigenvalue weighted by molar-refractivity contribution is 5.50. The molecular formula is C15H23FN2O. The van der Waals surface area contributed by atoms with Crippen molar-refractivity contribution in [2.75, 3.05) is 25.6 Å². The number of nitrogens with two attached hydrogens (primary N) is 1. The van der Waals surface area contributed by atoms with Gasteiger partial charge in [0.05, 0.1) is 17.3 Å². The fourth-order valence-corrected chi connectivity index (χ4v) is 3.25. The maximum Gasteiger partial charge on any atom is 0.146 e. The van der Waals surface area contributed by atoms with Crippen LogP contribution in [0.5, 0.6) is 0 Å². The quantitative estimate of drug-likeness (QED) is 0.910. The van der Waals surface area contributed by atoms with Gasteiger partial charge in [0.15, 0.2) is 0 Å². The van der Waals surface area contributed by atoms with Gasteiger partial charge in [0.2, 0.25) is 0 Å². The average Bonchev–Trinajstić information content (AvgIpc) is 2.46. The van der Waals surface area contributed by atoms with Gasteiger partial charge >= 0.3 is 0 Å². The molecule has 0 amide bonds. The van der Waals surface area contributed by atoms with Crippen molar-refractivity contribution in [3.05, 3.63) is 30.1 Å². The molecule has 0 saturated heterocycles. The van der Waals surface area contributed by atoms with Crippen molar-refractivity contribution in [3.63, 3.8) is 0 Å². The van der Waals surface area contributed by atoms with E-state index in [9.17, 15) is 4.39 Å². The van der Waals surface area contributed by atoms with E-state index in [1.807, 2.05) is 18.0 Å². The van der Waals surface area contributed by atoms with Crippen LogP contribution in [0.3, 0.4) is 0 Å². The molecule has 1 saturated carbocycles. The average molecular weight is 266 g/mol. The molecule has 2 unspecified atom stereocenters. The van der Waals surface area contributed by atoms with Gasteiger partial charge in [-0.3, -0.25) is 0 Å². The molecule has 4 heteroatoms. The van der Waals surface area contributed by atoms with Gasteiger partial charge in [-0.15, -0.1) is 0 Å². The zero-order valence-corrected chi connectivity index (χ0v) is 11.7. The third-order valence-corrected chi connectivity index (χ3v) is 4.45. The lowest BCUT2D eigenvalue weighted by Crippen LogP contribution is -2.62. The van der Waals surface area contributed by atoms with E-state index in [-0.39, 0.29) is 17.5 Å². The van der Waals surface area contributed by atoms with Crippen LogP contribution in [0, 0.1) is 5.82 Å². The van der Waals surface area contributed by atoms with E-state index in [0.29, 0.717) is 12.2 Å². The Morgan fingerprint density at radius 3 is 2.79 bits per heavy atom. The van der Waals surface area contributed by atoms with E-state index < -0.39 is 0 Å². The smallest absolute Gasteiger partial charge is 0.146 e. The summed E-state index contributed by atoms with van der Waals surface area (Å²) in [4.78, 5) is 1.98. The van der Waals surface area contributed by atoms with Gasteiger partial charge in [-0.1, -0.05) is 25.0 Å². The standard InChI is InChI=1S/C15H23FN2O/c1-18(13-8-4-3-7-12(13)16)15(11-17)10-6-5-9-14(15)19-2/h3-4,7-8,14H,5-6,9-11,17H2,1-2H3. The van der Waals surface area contributed by atoms with Gasteiger partial charge in [-0.25, -0.2) is 4.39 Å². The highest BCUT2D eigenvalue weighted by Gasteiger charge is 2.44. The monoisotopic (exact) mass is 266 g/mol. The molecule has 1 aromatic rings. The lowest BCUT2D eigenvalue weighted by atomic mass is 9.77. The number of halogens is 1. The Kier molecular flexibility index (Phi) is 4.42. The van der Waals surface area contributed by atoms with Crippen LogP contribution in [0.2, 0.25) is 0 Å². The molecule has 19 heavy (non-hydrogen) atoms. The summed E-state index contributed by atoms with van der Waals surface area (Å²) >= 11 is 0. The number of ether oxygens (including phenoxy) is 1. The minimum absolute atomic E-state index is 0.0517. The molecule has 0 aromatic heterocycles. The van der Waals surface area contributed by atoms with Crippen LogP contribution in [0.25, 0.3) is 0 Å². The Labute approximate surface area is 114 Å². The van der Waals surface area contributed by atoms with Crippen molar-refractivity contribution >= 4 is 5.69 Å². The summed E-state index contributed by atoms with van der Waals surface area (Å²) in [5.74, 6) is -0.210. The van der Waals surface area contributed by atoms with E-state index in [1.54, 1.807) is 19.2 Å². The summed E-state index contributed by atoms with van der Waals surface area (Å²) in [6.45, 7) is 0.469. The molecule has 2 N–H and O–H groups in total. The van der Waals surface area contributed by atoms with Gasteiger partial charge in [0.25, 0.3) is 0 Å². The predicted molar refractivity (Wildman–Crippen MR) is 75.9 cm³/mol. The maximum absolute atomic E-state index is 14.0. The Morgan fingerprint density at radius 2 is 2.16 bits per heavy atom. The van der Waals surface area contributed by atoms with Crippen LogP contribution in [0.4, 0.5) is 10.1 Å². The summed E-state index contributed by atoms with van der Waals surface area (Å²) in [6.07, 6.45) is 4.22. The Balaban J connectivity index is 2.37. The molecule has 0 heterocycles. The van der Waals surface area contributed by atoms with Gasteiger partial charge in [-0.05, 0) is 25.0 Å². The number of anilines is 1. The van der Waals surface area contributed by atoms with Crippen LogP contribution < -0.4 is 10.6 Å². The number of likely N-dealkylation sites (N-methyl/N-ethyl adjacent to an activating group) is 1. The minimum atomic E-state index is -0.310. The second-order valence-electron chi connectivity index (χ2n) is 5.29. The second kappa shape index (κ2) is 5.88. The number of benzene rings is 1. The van der Waals surface area contributed by atoms with Crippen LogP contribution in [-0.4, -0.2) is 32.3 Å². The molecule has 2 rings (SSSR count). The van der Waals surface area contributed by atoms with E-state index in [2.05, 4.69) is 0 Å². The normalized spacial score (nSPS) is 27.3. The van der Waals surface area contributed by atoms with Crippen LogP contribution in [-0.2, 0) is 4.74 Å². The number of para-hydroxylation sites is 1. The van der Waals surface area contributed by atoms with Crippen LogP contribution in [0.1, 0.15) is 25.7 Å². The Hall–Kier alpha value is -1.13.